The summed E-state index contributed by atoms with van der Waals surface area (Å²) in [5, 5.41) is 12.0. The molecule has 0 fully saturated rings. The minimum atomic E-state index is -0.493. The van der Waals surface area contributed by atoms with Gasteiger partial charge in [0.25, 0.3) is 10.9 Å². The molecule has 1 aromatic rings. The molecular formula is C22H42N4O7. The molecule has 1 aromatic carbocycles. The van der Waals surface area contributed by atoms with Crippen molar-refractivity contribution >= 4 is 11.4 Å². The van der Waals surface area contributed by atoms with Crippen molar-refractivity contribution in [2.24, 2.45) is 0 Å². The summed E-state index contributed by atoms with van der Waals surface area (Å²) >= 11 is 0. The third kappa shape index (κ3) is 14.3. The van der Waals surface area contributed by atoms with E-state index in [1.807, 2.05) is 14.1 Å². The Hall–Kier alpha value is -1.60. The summed E-state index contributed by atoms with van der Waals surface area (Å²) in [4.78, 5) is 23.5. The third-order valence-electron chi connectivity index (χ3n) is 4.55. The molecule has 0 unspecified atom stereocenters. The summed E-state index contributed by atoms with van der Waals surface area (Å²) in [5.41, 5.74) is -0.309. The summed E-state index contributed by atoms with van der Waals surface area (Å²) in [6, 6.07) is 0. The zero-order valence-corrected chi connectivity index (χ0v) is 20.2. The zero-order valence-electron chi connectivity index (χ0n) is 20.2. The molecule has 0 amide bonds. The third-order valence-corrected chi connectivity index (χ3v) is 4.55. The minimum Gasteiger partial charge on any atom is -0.380 e. The van der Waals surface area contributed by atoms with Gasteiger partial charge in [-0.25, -0.2) is 0 Å². The van der Waals surface area contributed by atoms with Gasteiger partial charge >= 0.3 is 0 Å². The van der Waals surface area contributed by atoms with E-state index >= 15 is 0 Å². The van der Waals surface area contributed by atoms with E-state index in [-0.39, 0.29) is 0 Å². The van der Waals surface area contributed by atoms with E-state index in [0.29, 0.717) is 90.3 Å². The standard InChI is InChI=1S/C22H42N4O7/c1-23-5-3-9-29-13-17-33-18-14-30-10-4-6-25-19-20(22(28)21(19)27)26-8-12-32-16-15-31-11-7-24-2/h23-26H,3-18H2,1-2H3. The molecule has 0 saturated heterocycles. The predicted molar refractivity (Wildman–Crippen MR) is 130 cm³/mol. The van der Waals surface area contributed by atoms with Crippen LogP contribution in [0, 0.1) is 0 Å². The molecule has 11 heteroatoms. The van der Waals surface area contributed by atoms with Gasteiger partial charge in [0.05, 0.1) is 52.9 Å². The quantitative estimate of drug-likeness (QED) is 0.107. The van der Waals surface area contributed by atoms with Gasteiger partial charge in [0.2, 0.25) is 0 Å². The smallest absolute Gasteiger partial charge is 0.253 e. The molecule has 4 N–H and O–H groups in total. The average molecular weight is 475 g/mol. The zero-order chi connectivity index (χ0) is 24.0. The molecule has 0 aromatic heterocycles. The summed E-state index contributed by atoms with van der Waals surface area (Å²) < 4.78 is 27.2. The second-order valence-electron chi connectivity index (χ2n) is 7.24. The Morgan fingerprint density at radius 2 is 0.879 bits per heavy atom. The first-order chi connectivity index (χ1) is 16.2. The van der Waals surface area contributed by atoms with Crippen LogP contribution in [0.2, 0.25) is 0 Å². The predicted octanol–water partition coefficient (Wildman–Crippen LogP) is -0.592. The molecule has 0 radical (unpaired) electrons. The van der Waals surface area contributed by atoms with Crippen molar-refractivity contribution in [1.29, 1.82) is 0 Å². The fraction of sp³-hybridized carbons (Fsp3) is 0.818. The molecule has 0 saturated carbocycles. The molecule has 0 aliphatic carbocycles. The van der Waals surface area contributed by atoms with E-state index in [1.54, 1.807) is 0 Å². The first-order valence-corrected chi connectivity index (χ1v) is 11.7. The van der Waals surface area contributed by atoms with Gasteiger partial charge in [0.15, 0.2) is 0 Å². The molecule has 33 heavy (non-hydrogen) atoms. The number of hydrogen-bond donors (Lipinski definition) is 4. The van der Waals surface area contributed by atoms with Crippen molar-refractivity contribution in [2.75, 3.05) is 117 Å². The lowest BCUT2D eigenvalue weighted by Crippen LogP contribution is -2.38. The summed E-state index contributed by atoms with van der Waals surface area (Å²) in [6.45, 7) is 8.25. The van der Waals surface area contributed by atoms with Gasteiger partial charge in [-0.05, 0) is 33.5 Å². The van der Waals surface area contributed by atoms with E-state index < -0.39 is 10.9 Å². The largest absolute Gasteiger partial charge is 0.380 e. The van der Waals surface area contributed by atoms with Crippen LogP contribution < -0.4 is 32.1 Å². The molecule has 192 valence electrons. The molecular weight excluding hydrogens is 432 g/mol. The highest BCUT2D eigenvalue weighted by Crippen LogP contribution is 2.13. The SMILES string of the molecule is CNCCCOCCOCCOCCCNc1c(NCCOCCOCCNC)c(=O)c1=O. The Kier molecular flexibility index (Phi) is 18.7. The Morgan fingerprint density at radius 1 is 0.485 bits per heavy atom. The highest BCUT2D eigenvalue weighted by molar-refractivity contribution is 5.73. The number of anilines is 2. The monoisotopic (exact) mass is 474 g/mol. The van der Waals surface area contributed by atoms with Crippen LogP contribution in [0.1, 0.15) is 12.8 Å². The minimum absolute atomic E-state index is 0.330. The maximum absolute atomic E-state index is 11.8. The Balaban J connectivity index is 1.97. The van der Waals surface area contributed by atoms with Crippen molar-refractivity contribution in [2.45, 2.75) is 12.8 Å². The molecule has 0 aliphatic rings. The van der Waals surface area contributed by atoms with Crippen LogP contribution in [0.25, 0.3) is 0 Å². The van der Waals surface area contributed by atoms with Crippen LogP contribution in [-0.4, -0.2) is 106 Å². The van der Waals surface area contributed by atoms with E-state index in [1.165, 1.54) is 0 Å². The van der Waals surface area contributed by atoms with Gasteiger partial charge < -0.3 is 45.0 Å². The molecule has 0 heterocycles. The van der Waals surface area contributed by atoms with Gasteiger partial charge in [0, 0.05) is 32.8 Å². The van der Waals surface area contributed by atoms with Gasteiger partial charge in [-0.2, -0.15) is 0 Å². The molecule has 0 bridgehead atoms. The number of nitrogens with one attached hydrogen (secondary N) is 4. The molecule has 0 aliphatic heterocycles. The second-order valence-corrected chi connectivity index (χ2v) is 7.24. The van der Waals surface area contributed by atoms with E-state index in [4.69, 9.17) is 23.7 Å². The Labute approximate surface area is 196 Å². The van der Waals surface area contributed by atoms with Crippen molar-refractivity contribution in [3.63, 3.8) is 0 Å². The van der Waals surface area contributed by atoms with Crippen LogP contribution in [0.15, 0.2) is 9.59 Å². The van der Waals surface area contributed by atoms with Gasteiger partial charge in [0.1, 0.15) is 11.4 Å². The van der Waals surface area contributed by atoms with Crippen LogP contribution >= 0.6 is 0 Å². The topological polar surface area (TPSA) is 128 Å². The Morgan fingerprint density at radius 3 is 1.39 bits per heavy atom. The van der Waals surface area contributed by atoms with E-state index in [9.17, 15) is 9.59 Å². The highest BCUT2D eigenvalue weighted by atomic mass is 16.5. The maximum Gasteiger partial charge on any atom is 0.253 e. The van der Waals surface area contributed by atoms with Crippen molar-refractivity contribution in [1.82, 2.24) is 10.6 Å². The van der Waals surface area contributed by atoms with Gasteiger partial charge in [-0.1, -0.05) is 0 Å². The Bertz CT molecular complexity index is 653. The number of likely N-dealkylation sites (N-methyl/N-ethyl adjacent to an activating group) is 1. The molecule has 1 rings (SSSR count). The molecule has 11 nitrogen and oxygen atoms in total. The van der Waals surface area contributed by atoms with Gasteiger partial charge in [-0.15, -0.1) is 0 Å². The highest BCUT2D eigenvalue weighted by Gasteiger charge is 2.19. The van der Waals surface area contributed by atoms with Crippen molar-refractivity contribution in [3.8, 4) is 0 Å². The van der Waals surface area contributed by atoms with Crippen molar-refractivity contribution in [3.05, 3.63) is 20.4 Å². The van der Waals surface area contributed by atoms with Crippen LogP contribution in [0.5, 0.6) is 0 Å². The second kappa shape index (κ2) is 21.0. The first-order valence-electron chi connectivity index (χ1n) is 11.7. The average Bonchev–Trinajstić information content (AvgIpc) is 2.83. The fourth-order valence-corrected chi connectivity index (χ4v) is 2.75. The molecule has 0 spiro atoms. The summed E-state index contributed by atoms with van der Waals surface area (Å²) in [7, 11) is 3.79. The van der Waals surface area contributed by atoms with E-state index in [2.05, 4.69) is 21.3 Å². The van der Waals surface area contributed by atoms with Gasteiger partial charge in [-0.3, -0.25) is 9.59 Å². The lowest BCUT2D eigenvalue weighted by molar-refractivity contribution is 0.0142. The first kappa shape index (κ1) is 29.4. The lowest BCUT2D eigenvalue weighted by atomic mass is 10.2. The molecule has 0 atom stereocenters. The van der Waals surface area contributed by atoms with Crippen LogP contribution in [0.3, 0.4) is 0 Å². The number of hydrogen-bond acceptors (Lipinski definition) is 11. The summed E-state index contributed by atoms with van der Waals surface area (Å²) in [6.07, 6.45) is 1.70. The van der Waals surface area contributed by atoms with Crippen LogP contribution in [0.4, 0.5) is 11.4 Å². The van der Waals surface area contributed by atoms with E-state index in [0.717, 1.165) is 26.1 Å². The summed E-state index contributed by atoms with van der Waals surface area (Å²) in [5.74, 6) is 0. The number of rotatable bonds is 25. The maximum atomic E-state index is 11.8. The van der Waals surface area contributed by atoms with Crippen LogP contribution in [-0.2, 0) is 23.7 Å². The normalized spacial score (nSPS) is 11.3. The lowest BCUT2D eigenvalue weighted by Gasteiger charge is -2.15. The number of ether oxygens (including phenoxy) is 5. The fourth-order valence-electron chi connectivity index (χ4n) is 2.75. The van der Waals surface area contributed by atoms with Crippen molar-refractivity contribution < 1.29 is 23.7 Å².